The molecule has 0 fully saturated rings. The lowest BCUT2D eigenvalue weighted by Crippen LogP contribution is -2.30. The number of hydrogen-bond donors (Lipinski definition) is 1. The Bertz CT molecular complexity index is 1390. The van der Waals surface area contributed by atoms with Crippen molar-refractivity contribution in [2.75, 3.05) is 11.4 Å². The Morgan fingerprint density at radius 3 is 2.58 bits per heavy atom. The third-order valence-electron chi connectivity index (χ3n) is 5.90. The normalized spacial score (nSPS) is 12.9. The number of H-pyrrole nitrogens is 1. The molecule has 1 N–H and O–H groups in total. The highest BCUT2D eigenvalue weighted by Gasteiger charge is 2.25. The van der Waals surface area contributed by atoms with Crippen LogP contribution in [0.4, 0.5) is 5.69 Å². The second kappa shape index (κ2) is 8.54. The Morgan fingerprint density at radius 2 is 1.82 bits per heavy atom. The van der Waals surface area contributed by atoms with Gasteiger partial charge < -0.3 is 9.64 Å². The van der Waals surface area contributed by atoms with E-state index < -0.39 is 0 Å². The fourth-order valence-corrected chi connectivity index (χ4v) is 4.35. The van der Waals surface area contributed by atoms with Crippen molar-refractivity contribution in [2.24, 2.45) is 0 Å². The maximum atomic E-state index is 13.1. The lowest BCUT2D eigenvalue weighted by molar-refractivity contribution is -0.117. The number of carbonyl (C=O) groups is 1. The van der Waals surface area contributed by atoms with Crippen LogP contribution in [0.25, 0.3) is 22.0 Å². The van der Waals surface area contributed by atoms with Crippen molar-refractivity contribution >= 4 is 22.4 Å². The molecule has 1 aromatic heterocycles. The molecule has 0 spiro atoms. The zero-order valence-electron chi connectivity index (χ0n) is 18.7. The minimum Gasteiger partial charge on any atom is -0.491 e. The van der Waals surface area contributed by atoms with Gasteiger partial charge in [-0.2, -0.15) is 5.10 Å². The van der Waals surface area contributed by atoms with Crippen LogP contribution in [0.5, 0.6) is 5.75 Å². The summed E-state index contributed by atoms with van der Waals surface area (Å²) < 4.78 is 5.81. The Kier molecular flexibility index (Phi) is 5.42. The molecule has 0 unspecified atom stereocenters. The Morgan fingerprint density at radius 1 is 1.06 bits per heavy atom. The summed E-state index contributed by atoms with van der Waals surface area (Å²) in [6.07, 6.45) is 1.25. The molecule has 0 saturated carbocycles. The van der Waals surface area contributed by atoms with Crippen LogP contribution >= 0.6 is 0 Å². The first kappa shape index (κ1) is 20.9. The van der Waals surface area contributed by atoms with E-state index in [9.17, 15) is 9.59 Å². The minimum absolute atomic E-state index is 0.0656. The van der Waals surface area contributed by atoms with Crippen molar-refractivity contribution in [3.63, 3.8) is 0 Å². The van der Waals surface area contributed by atoms with Crippen LogP contribution in [-0.2, 0) is 17.6 Å². The van der Waals surface area contributed by atoms with E-state index in [0.717, 1.165) is 34.4 Å². The first-order valence-corrected chi connectivity index (χ1v) is 11.2. The summed E-state index contributed by atoms with van der Waals surface area (Å²) in [5.74, 6) is 0.851. The van der Waals surface area contributed by atoms with E-state index >= 15 is 0 Å². The number of nitrogens with zero attached hydrogens (tertiary/aromatic N) is 2. The van der Waals surface area contributed by atoms with E-state index in [4.69, 9.17) is 4.74 Å². The number of nitrogens with one attached hydrogen (secondary N) is 1. The van der Waals surface area contributed by atoms with Crippen molar-refractivity contribution in [3.8, 4) is 17.0 Å². The summed E-state index contributed by atoms with van der Waals surface area (Å²) in [6.45, 7) is 4.67. The monoisotopic (exact) mass is 439 g/mol. The Hall–Kier alpha value is -3.93. The van der Waals surface area contributed by atoms with Gasteiger partial charge in [-0.25, -0.2) is 5.10 Å². The van der Waals surface area contributed by atoms with Gasteiger partial charge in [-0.1, -0.05) is 48.5 Å². The van der Waals surface area contributed by atoms with Crippen molar-refractivity contribution in [1.29, 1.82) is 0 Å². The highest BCUT2D eigenvalue weighted by Crippen LogP contribution is 2.33. The van der Waals surface area contributed by atoms with Gasteiger partial charge in [0.05, 0.1) is 29.3 Å². The highest BCUT2D eigenvalue weighted by atomic mass is 16.5. The van der Waals surface area contributed by atoms with E-state index in [1.54, 1.807) is 6.07 Å². The summed E-state index contributed by atoms with van der Waals surface area (Å²) in [5, 5.41) is 8.24. The maximum Gasteiger partial charge on any atom is 0.272 e. The summed E-state index contributed by atoms with van der Waals surface area (Å²) in [7, 11) is 0. The molecule has 0 bridgehead atoms. The molecule has 4 aromatic rings. The summed E-state index contributed by atoms with van der Waals surface area (Å²) in [5.41, 5.74) is 4.45. The first-order valence-electron chi connectivity index (χ1n) is 11.2. The van der Waals surface area contributed by atoms with Crippen LogP contribution in [0.15, 0.2) is 71.5 Å². The highest BCUT2D eigenvalue weighted by molar-refractivity contribution is 5.97. The van der Waals surface area contributed by atoms with Crippen molar-refractivity contribution in [1.82, 2.24) is 10.2 Å². The van der Waals surface area contributed by atoms with Crippen LogP contribution in [0.2, 0.25) is 0 Å². The van der Waals surface area contributed by atoms with Crippen molar-refractivity contribution < 1.29 is 9.53 Å². The largest absolute Gasteiger partial charge is 0.491 e. The third-order valence-corrected chi connectivity index (χ3v) is 5.90. The van der Waals surface area contributed by atoms with Gasteiger partial charge in [0.2, 0.25) is 5.91 Å². The molecule has 6 heteroatoms. The molecular formula is C27H25N3O3. The zero-order valence-corrected chi connectivity index (χ0v) is 18.7. The molecule has 2 heterocycles. The van der Waals surface area contributed by atoms with E-state index in [1.165, 1.54) is 5.56 Å². The lowest BCUT2D eigenvalue weighted by atomic mass is 10.0. The second-order valence-electron chi connectivity index (χ2n) is 8.57. The average molecular weight is 440 g/mol. The van der Waals surface area contributed by atoms with E-state index in [2.05, 4.69) is 16.3 Å². The number of ether oxygens (including phenoxy) is 1. The van der Waals surface area contributed by atoms with Gasteiger partial charge in [-0.15, -0.1) is 0 Å². The summed E-state index contributed by atoms with van der Waals surface area (Å²) in [4.78, 5) is 27.0. The molecule has 1 aliphatic rings. The molecule has 1 aliphatic heterocycles. The van der Waals surface area contributed by atoms with Crippen LogP contribution < -0.4 is 15.2 Å². The molecule has 166 valence electrons. The molecule has 0 atom stereocenters. The number of aromatic nitrogens is 2. The van der Waals surface area contributed by atoms with E-state index in [0.29, 0.717) is 24.0 Å². The van der Waals surface area contributed by atoms with Gasteiger partial charge >= 0.3 is 0 Å². The van der Waals surface area contributed by atoms with E-state index in [-0.39, 0.29) is 17.6 Å². The van der Waals surface area contributed by atoms with Gasteiger partial charge in [-0.05, 0) is 43.5 Å². The molecule has 6 nitrogen and oxygen atoms in total. The van der Waals surface area contributed by atoms with Crippen LogP contribution in [0.3, 0.4) is 0 Å². The van der Waals surface area contributed by atoms with Crippen LogP contribution in [-0.4, -0.2) is 28.8 Å². The topological polar surface area (TPSA) is 75.3 Å². The smallest absolute Gasteiger partial charge is 0.272 e. The SMILES string of the molecule is CC(C)Oc1ccc2c(c1)N(C(=O)Cc1ccc(-c3n[nH]c(=O)c4ccccc34)cc1)CC2. The second-order valence-corrected chi connectivity index (χ2v) is 8.57. The first-order chi connectivity index (χ1) is 16.0. The Balaban J connectivity index is 1.36. The molecule has 1 amide bonds. The predicted molar refractivity (Wildman–Crippen MR) is 130 cm³/mol. The quantitative estimate of drug-likeness (QED) is 0.497. The zero-order chi connectivity index (χ0) is 22.9. The number of fused-ring (bicyclic) bond motifs is 2. The fourth-order valence-electron chi connectivity index (χ4n) is 4.35. The average Bonchev–Trinajstić information content (AvgIpc) is 3.23. The molecule has 0 saturated heterocycles. The Labute approximate surface area is 191 Å². The van der Waals surface area contributed by atoms with Gasteiger partial charge in [-0.3, -0.25) is 9.59 Å². The molecule has 0 radical (unpaired) electrons. The van der Waals surface area contributed by atoms with Crippen molar-refractivity contribution in [2.45, 2.75) is 32.8 Å². The molecule has 3 aromatic carbocycles. The van der Waals surface area contributed by atoms with Gasteiger partial charge in [0.1, 0.15) is 5.75 Å². The summed E-state index contributed by atoms with van der Waals surface area (Å²) >= 11 is 0. The number of hydrogen-bond acceptors (Lipinski definition) is 4. The third kappa shape index (κ3) is 4.12. The predicted octanol–water partition coefficient (Wildman–Crippen LogP) is 4.51. The number of rotatable bonds is 5. The minimum atomic E-state index is -0.204. The molecule has 5 rings (SSSR count). The number of carbonyl (C=O) groups excluding carboxylic acids is 1. The number of aromatic amines is 1. The number of amides is 1. The van der Waals surface area contributed by atoms with Crippen LogP contribution in [0, 0.1) is 0 Å². The molecule has 33 heavy (non-hydrogen) atoms. The lowest BCUT2D eigenvalue weighted by Gasteiger charge is -2.19. The summed E-state index contributed by atoms with van der Waals surface area (Å²) in [6, 6.07) is 21.2. The molecule has 0 aliphatic carbocycles. The fraction of sp³-hybridized carbons (Fsp3) is 0.222. The van der Waals surface area contributed by atoms with E-state index in [1.807, 2.05) is 73.3 Å². The standard InChI is InChI=1S/C27H25N3O3/c1-17(2)33-21-12-11-19-13-14-30(24(19)16-21)25(31)15-18-7-9-20(10-8-18)26-22-5-3-4-6-23(22)27(32)29-28-26/h3-12,16-17H,13-15H2,1-2H3,(H,29,32). The number of anilines is 1. The van der Waals surface area contributed by atoms with Gasteiger partial charge in [0.15, 0.2) is 0 Å². The molecular weight excluding hydrogens is 414 g/mol. The van der Waals surface area contributed by atoms with Crippen LogP contribution in [0.1, 0.15) is 25.0 Å². The van der Waals surface area contributed by atoms with Gasteiger partial charge in [0, 0.05) is 23.6 Å². The van der Waals surface area contributed by atoms with Gasteiger partial charge in [0.25, 0.3) is 5.56 Å². The maximum absolute atomic E-state index is 13.1. The number of benzene rings is 3. The van der Waals surface area contributed by atoms with Crippen molar-refractivity contribution in [3.05, 3.63) is 88.2 Å².